The minimum absolute atomic E-state index is 0.00136. The van der Waals surface area contributed by atoms with Crippen molar-refractivity contribution in [3.8, 4) is 5.75 Å². The molecule has 2 aliphatic rings. The van der Waals surface area contributed by atoms with Crippen molar-refractivity contribution in [2.45, 2.75) is 96.9 Å². The molecule has 0 bridgehead atoms. The maximum absolute atomic E-state index is 14.4. The Morgan fingerprint density at radius 2 is 1.78 bits per heavy atom. The van der Waals surface area contributed by atoms with Gasteiger partial charge in [-0.15, -0.1) is 0 Å². The van der Waals surface area contributed by atoms with Gasteiger partial charge in [0.15, 0.2) is 0 Å². The number of amides is 2. The van der Waals surface area contributed by atoms with Gasteiger partial charge in [0.1, 0.15) is 5.75 Å². The van der Waals surface area contributed by atoms with Gasteiger partial charge >= 0.3 is 0 Å². The molecule has 8 nitrogen and oxygen atoms in total. The number of nitrogens with zero attached hydrogens (tertiary/aromatic N) is 2. The lowest BCUT2D eigenvalue weighted by Gasteiger charge is -2.36. The second-order valence-corrected chi connectivity index (χ2v) is 14.1. The van der Waals surface area contributed by atoms with E-state index in [1.165, 1.54) is 6.42 Å². The third-order valence-electron chi connectivity index (χ3n) is 9.22. The molecule has 2 amide bonds. The second-order valence-electron chi connectivity index (χ2n) is 13.3. The summed E-state index contributed by atoms with van der Waals surface area (Å²) >= 11 is 12.4. The van der Waals surface area contributed by atoms with Crippen LogP contribution >= 0.6 is 23.2 Å². The summed E-state index contributed by atoms with van der Waals surface area (Å²) in [5.41, 5.74) is 2.01. The topological polar surface area (TPSA) is 91.3 Å². The highest BCUT2D eigenvalue weighted by Crippen LogP contribution is 2.30. The molecule has 4 atom stereocenters. The quantitative estimate of drug-likeness (QED) is 0.302. The standard InChI is InChI=1S/C36H51Cl2N3O5/c1-24-20-41(25(2)23-42)36(44)30-19-29(39-35(43)28-11-6-5-7-12-28)14-16-33(30)46-26(3)10-8-9-17-45-34(24)22-40(4)21-27-13-15-31(37)32(38)18-27/h13-16,18-19,24-26,28,34,42H,5-12,17,20-23H2,1-4H3,(H,39,43)/t24-,25+,26-,34+/m1/s1. The van der Waals surface area contributed by atoms with Gasteiger partial charge in [0.05, 0.1) is 40.5 Å². The molecule has 0 saturated heterocycles. The summed E-state index contributed by atoms with van der Waals surface area (Å²) in [4.78, 5) is 31.4. The molecule has 2 aromatic carbocycles. The number of aliphatic hydroxyl groups is 1. The summed E-state index contributed by atoms with van der Waals surface area (Å²) in [7, 11) is 2.04. The van der Waals surface area contributed by atoms with Gasteiger partial charge in [-0.2, -0.15) is 0 Å². The number of fused-ring (bicyclic) bond motifs is 1. The van der Waals surface area contributed by atoms with Crippen molar-refractivity contribution in [1.29, 1.82) is 0 Å². The number of hydrogen-bond donors (Lipinski definition) is 2. The number of halogens is 2. The van der Waals surface area contributed by atoms with E-state index in [2.05, 4.69) is 17.1 Å². The third-order valence-corrected chi connectivity index (χ3v) is 9.96. The number of ether oxygens (including phenoxy) is 2. The number of benzene rings is 2. The highest BCUT2D eigenvalue weighted by molar-refractivity contribution is 6.42. The predicted molar refractivity (Wildman–Crippen MR) is 185 cm³/mol. The van der Waals surface area contributed by atoms with E-state index in [0.717, 1.165) is 50.5 Å². The van der Waals surface area contributed by atoms with E-state index in [9.17, 15) is 14.7 Å². The number of carbonyl (C=O) groups is 2. The summed E-state index contributed by atoms with van der Waals surface area (Å²) in [6.45, 7) is 8.04. The van der Waals surface area contributed by atoms with Gasteiger partial charge in [-0.3, -0.25) is 14.5 Å². The zero-order chi connectivity index (χ0) is 33.2. The number of rotatable bonds is 8. The monoisotopic (exact) mass is 675 g/mol. The summed E-state index contributed by atoms with van der Waals surface area (Å²) in [5.74, 6) is 0.190. The lowest BCUT2D eigenvalue weighted by atomic mass is 9.88. The molecule has 1 fully saturated rings. The molecule has 1 aliphatic carbocycles. The average Bonchev–Trinajstić information content (AvgIpc) is 3.04. The molecule has 10 heteroatoms. The maximum atomic E-state index is 14.4. The lowest BCUT2D eigenvalue weighted by molar-refractivity contribution is -0.120. The van der Waals surface area contributed by atoms with Gasteiger partial charge in [0, 0.05) is 43.8 Å². The minimum Gasteiger partial charge on any atom is -0.490 e. The molecule has 0 aromatic heterocycles. The molecule has 0 radical (unpaired) electrons. The number of aliphatic hydroxyl groups excluding tert-OH is 1. The predicted octanol–water partition coefficient (Wildman–Crippen LogP) is 7.44. The van der Waals surface area contributed by atoms with Crippen molar-refractivity contribution in [2.75, 3.05) is 38.7 Å². The van der Waals surface area contributed by atoms with E-state index in [-0.39, 0.29) is 42.5 Å². The third kappa shape index (κ3) is 10.3. The minimum atomic E-state index is -0.441. The van der Waals surface area contributed by atoms with Crippen LogP contribution in [0.2, 0.25) is 10.0 Å². The number of hydrogen-bond acceptors (Lipinski definition) is 6. The van der Waals surface area contributed by atoms with Crippen molar-refractivity contribution in [1.82, 2.24) is 9.80 Å². The summed E-state index contributed by atoms with van der Waals surface area (Å²) < 4.78 is 12.8. The van der Waals surface area contributed by atoms with Crippen LogP contribution in [0.5, 0.6) is 5.75 Å². The lowest BCUT2D eigenvalue weighted by Crippen LogP contribution is -2.47. The highest BCUT2D eigenvalue weighted by atomic mass is 35.5. The molecule has 1 aliphatic heterocycles. The van der Waals surface area contributed by atoms with Crippen LogP contribution in [0.1, 0.15) is 88.1 Å². The molecule has 0 spiro atoms. The van der Waals surface area contributed by atoms with E-state index in [1.54, 1.807) is 17.0 Å². The zero-order valence-corrected chi connectivity index (χ0v) is 29.3. The van der Waals surface area contributed by atoms with Crippen LogP contribution in [0.15, 0.2) is 36.4 Å². The van der Waals surface area contributed by atoms with E-state index >= 15 is 0 Å². The van der Waals surface area contributed by atoms with E-state index in [1.807, 2.05) is 45.2 Å². The first-order valence-electron chi connectivity index (χ1n) is 16.8. The Hall–Kier alpha value is -2.36. The number of likely N-dealkylation sites (N-methyl/N-ethyl adjacent to an activating group) is 1. The normalized spacial score (nSPS) is 22.9. The number of carbonyl (C=O) groups excluding carboxylic acids is 2. The van der Waals surface area contributed by atoms with Crippen LogP contribution in [-0.2, 0) is 16.1 Å². The van der Waals surface area contributed by atoms with E-state index < -0.39 is 6.04 Å². The number of nitrogens with one attached hydrogen (secondary N) is 1. The molecule has 1 saturated carbocycles. The molecule has 4 rings (SSSR count). The summed E-state index contributed by atoms with van der Waals surface area (Å²) in [6.07, 6.45) is 7.43. The van der Waals surface area contributed by atoms with Crippen molar-refractivity contribution in [2.24, 2.45) is 11.8 Å². The van der Waals surface area contributed by atoms with Crippen LogP contribution < -0.4 is 10.1 Å². The Balaban J connectivity index is 1.58. The first-order valence-corrected chi connectivity index (χ1v) is 17.6. The van der Waals surface area contributed by atoms with Crippen molar-refractivity contribution in [3.05, 3.63) is 57.6 Å². The van der Waals surface area contributed by atoms with Crippen molar-refractivity contribution in [3.63, 3.8) is 0 Å². The molecule has 2 aromatic rings. The van der Waals surface area contributed by atoms with Gasteiger partial charge in [0.2, 0.25) is 5.91 Å². The molecule has 1 heterocycles. The largest absolute Gasteiger partial charge is 0.490 e. The Bertz CT molecular complexity index is 1300. The fourth-order valence-electron chi connectivity index (χ4n) is 6.39. The van der Waals surface area contributed by atoms with Crippen LogP contribution in [0, 0.1) is 11.8 Å². The Kier molecular flexibility index (Phi) is 14.0. The number of anilines is 1. The van der Waals surface area contributed by atoms with Crippen molar-refractivity contribution < 1.29 is 24.2 Å². The molecule has 2 N–H and O–H groups in total. The first kappa shape index (κ1) is 36.5. The van der Waals surface area contributed by atoms with E-state index in [0.29, 0.717) is 53.3 Å². The van der Waals surface area contributed by atoms with Crippen LogP contribution in [0.4, 0.5) is 5.69 Å². The van der Waals surface area contributed by atoms with Crippen LogP contribution in [0.25, 0.3) is 0 Å². The van der Waals surface area contributed by atoms with Crippen LogP contribution in [0.3, 0.4) is 0 Å². The molecule has 254 valence electrons. The highest BCUT2D eigenvalue weighted by Gasteiger charge is 2.31. The second kappa shape index (κ2) is 17.7. The molecular weight excluding hydrogens is 625 g/mol. The Morgan fingerprint density at radius 3 is 2.50 bits per heavy atom. The molecular formula is C36H51Cl2N3O5. The van der Waals surface area contributed by atoms with Crippen molar-refractivity contribution >= 4 is 40.7 Å². The average molecular weight is 677 g/mol. The fourth-order valence-corrected chi connectivity index (χ4v) is 6.71. The fraction of sp³-hybridized carbons (Fsp3) is 0.611. The van der Waals surface area contributed by atoms with E-state index in [4.69, 9.17) is 32.7 Å². The molecule has 0 unspecified atom stereocenters. The van der Waals surface area contributed by atoms with Gasteiger partial charge in [-0.05, 0) is 88.9 Å². The zero-order valence-electron chi connectivity index (χ0n) is 27.8. The van der Waals surface area contributed by atoms with Gasteiger partial charge < -0.3 is 24.8 Å². The first-order chi connectivity index (χ1) is 22.0. The van der Waals surface area contributed by atoms with Gasteiger partial charge in [0.25, 0.3) is 5.91 Å². The summed E-state index contributed by atoms with van der Waals surface area (Å²) in [6, 6.07) is 10.6. The summed E-state index contributed by atoms with van der Waals surface area (Å²) in [5, 5.41) is 14.4. The Morgan fingerprint density at radius 1 is 1.04 bits per heavy atom. The van der Waals surface area contributed by atoms with Gasteiger partial charge in [-0.1, -0.05) is 55.5 Å². The maximum Gasteiger partial charge on any atom is 0.258 e. The SMILES string of the molecule is C[C@@H]1CCCCO[C@@H](CN(C)Cc2ccc(Cl)c(Cl)c2)[C@H](C)CN([C@@H](C)CO)C(=O)c2cc(NC(=O)C3CCCCC3)ccc2O1. The van der Waals surface area contributed by atoms with Crippen LogP contribution in [-0.4, -0.2) is 78.3 Å². The smallest absolute Gasteiger partial charge is 0.258 e. The Labute approximate surface area is 284 Å². The van der Waals surface area contributed by atoms with Gasteiger partial charge in [-0.25, -0.2) is 0 Å². The molecule has 46 heavy (non-hydrogen) atoms.